The first-order chi connectivity index (χ1) is 12.8. The van der Waals surface area contributed by atoms with Crippen molar-refractivity contribution in [2.24, 2.45) is 4.99 Å². The van der Waals surface area contributed by atoms with Crippen LogP contribution in [-0.4, -0.2) is 36.9 Å². The third kappa shape index (κ3) is 5.60. The van der Waals surface area contributed by atoms with Crippen LogP contribution < -0.4 is 4.74 Å². The summed E-state index contributed by atoms with van der Waals surface area (Å²) in [5.74, 6) is 1.43. The standard InChI is InChI=1S/C22H27NO3/c24-21(22-23-15-17-26-22)10-6-1-2-7-16-25-20-13-11-19(12-14-20)18-8-4-3-5-9-18/h3-5,8-9,11-14,21,24H,1-2,6-7,10,15-17H2. The summed E-state index contributed by atoms with van der Waals surface area (Å²) in [6, 6.07) is 18.6. The molecule has 0 saturated carbocycles. The lowest BCUT2D eigenvalue weighted by atomic mass is 10.1. The number of hydrogen-bond acceptors (Lipinski definition) is 4. The second-order valence-electron chi connectivity index (χ2n) is 6.53. The van der Waals surface area contributed by atoms with Gasteiger partial charge in [-0.3, -0.25) is 0 Å². The van der Waals surface area contributed by atoms with Crippen LogP contribution in [0.2, 0.25) is 0 Å². The Bertz CT molecular complexity index is 682. The second-order valence-corrected chi connectivity index (χ2v) is 6.53. The summed E-state index contributed by atoms with van der Waals surface area (Å²) in [6.45, 7) is 2.01. The van der Waals surface area contributed by atoms with E-state index in [1.165, 1.54) is 11.1 Å². The van der Waals surface area contributed by atoms with E-state index in [9.17, 15) is 5.11 Å². The van der Waals surface area contributed by atoms with Gasteiger partial charge in [0.2, 0.25) is 5.90 Å². The molecule has 0 aliphatic carbocycles. The molecule has 3 rings (SSSR count). The van der Waals surface area contributed by atoms with Crippen LogP contribution in [0.5, 0.6) is 5.75 Å². The van der Waals surface area contributed by atoms with Gasteiger partial charge in [0.15, 0.2) is 0 Å². The molecule has 0 amide bonds. The molecule has 2 aromatic carbocycles. The Kier molecular flexibility index (Phi) is 7.08. The van der Waals surface area contributed by atoms with Crippen LogP contribution in [0.4, 0.5) is 0 Å². The predicted octanol–water partition coefficient (Wildman–Crippen LogP) is 4.47. The summed E-state index contributed by atoms with van der Waals surface area (Å²) in [4.78, 5) is 4.15. The summed E-state index contributed by atoms with van der Waals surface area (Å²) >= 11 is 0. The number of benzene rings is 2. The average Bonchev–Trinajstić information content (AvgIpc) is 3.23. The Morgan fingerprint density at radius 1 is 0.923 bits per heavy atom. The lowest BCUT2D eigenvalue weighted by molar-refractivity contribution is 0.187. The number of rotatable bonds is 10. The molecule has 26 heavy (non-hydrogen) atoms. The fourth-order valence-electron chi connectivity index (χ4n) is 3.03. The molecule has 1 N–H and O–H groups in total. The lowest BCUT2D eigenvalue weighted by Crippen LogP contribution is -2.20. The maximum atomic E-state index is 9.92. The topological polar surface area (TPSA) is 51.0 Å². The fraction of sp³-hybridized carbons (Fsp3) is 0.409. The molecule has 2 aromatic rings. The van der Waals surface area contributed by atoms with E-state index in [0.717, 1.165) is 44.5 Å². The molecule has 0 aromatic heterocycles. The van der Waals surface area contributed by atoms with E-state index in [-0.39, 0.29) is 0 Å². The first-order valence-electron chi connectivity index (χ1n) is 9.46. The van der Waals surface area contributed by atoms with Crippen molar-refractivity contribution in [1.29, 1.82) is 0 Å². The van der Waals surface area contributed by atoms with Crippen LogP contribution in [0.3, 0.4) is 0 Å². The minimum atomic E-state index is -0.531. The molecule has 0 saturated heterocycles. The van der Waals surface area contributed by atoms with Crippen molar-refractivity contribution in [2.75, 3.05) is 19.8 Å². The highest BCUT2D eigenvalue weighted by Gasteiger charge is 2.16. The third-order valence-corrected chi connectivity index (χ3v) is 4.50. The molecule has 0 spiro atoms. The van der Waals surface area contributed by atoms with E-state index >= 15 is 0 Å². The third-order valence-electron chi connectivity index (χ3n) is 4.50. The molecule has 1 unspecified atom stereocenters. The normalized spacial score (nSPS) is 14.6. The lowest BCUT2D eigenvalue weighted by Gasteiger charge is -2.10. The molecule has 4 heteroatoms. The zero-order valence-electron chi connectivity index (χ0n) is 15.1. The smallest absolute Gasteiger partial charge is 0.213 e. The summed E-state index contributed by atoms with van der Waals surface area (Å²) < 4.78 is 11.1. The van der Waals surface area contributed by atoms with Crippen molar-refractivity contribution in [3.63, 3.8) is 0 Å². The van der Waals surface area contributed by atoms with Gasteiger partial charge in [0.05, 0.1) is 13.2 Å². The van der Waals surface area contributed by atoms with Gasteiger partial charge < -0.3 is 14.6 Å². The van der Waals surface area contributed by atoms with Crippen LogP contribution in [0.1, 0.15) is 32.1 Å². The van der Waals surface area contributed by atoms with E-state index in [2.05, 4.69) is 29.3 Å². The van der Waals surface area contributed by atoms with Crippen molar-refractivity contribution >= 4 is 5.90 Å². The quantitative estimate of drug-likeness (QED) is 0.641. The van der Waals surface area contributed by atoms with Crippen LogP contribution in [-0.2, 0) is 4.74 Å². The minimum absolute atomic E-state index is 0.521. The molecular formula is C22H27NO3. The Labute approximate surface area is 155 Å². The monoisotopic (exact) mass is 353 g/mol. The molecule has 0 radical (unpaired) electrons. The van der Waals surface area contributed by atoms with Crippen molar-refractivity contribution in [3.8, 4) is 16.9 Å². The van der Waals surface area contributed by atoms with Crippen LogP contribution in [0.15, 0.2) is 59.6 Å². The fourth-order valence-corrected chi connectivity index (χ4v) is 3.03. The Morgan fingerprint density at radius 3 is 2.38 bits per heavy atom. The van der Waals surface area contributed by atoms with Crippen molar-refractivity contribution in [3.05, 3.63) is 54.6 Å². The van der Waals surface area contributed by atoms with Crippen LogP contribution in [0.25, 0.3) is 11.1 Å². The summed E-state index contributed by atoms with van der Waals surface area (Å²) in [5, 5.41) is 9.92. The molecule has 1 atom stereocenters. The Hall–Kier alpha value is -2.33. The van der Waals surface area contributed by atoms with E-state index < -0.39 is 6.10 Å². The predicted molar refractivity (Wildman–Crippen MR) is 105 cm³/mol. The van der Waals surface area contributed by atoms with Crippen LogP contribution in [0, 0.1) is 0 Å². The van der Waals surface area contributed by atoms with Gasteiger partial charge in [-0.1, -0.05) is 61.7 Å². The van der Waals surface area contributed by atoms with Gasteiger partial charge >= 0.3 is 0 Å². The SMILES string of the molecule is OC(CCCCCCOc1ccc(-c2ccccc2)cc1)C1=NCCO1. The first-order valence-corrected chi connectivity index (χ1v) is 9.46. The van der Waals surface area contributed by atoms with Gasteiger partial charge in [0, 0.05) is 0 Å². The number of unbranched alkanes of at least 4 members (excludes halogenated alkanes) is 3. The first kappa shape index (κ1) is 18.5. The maximum absolute atomic E-state index is 9.92. The highest BCUT2D eigenvalue weighted by atomic mass is 16.5. The number of aliphatic hydroxyl groups excluding tert-OH is 1. The van der Waals surface area contributed by atoms with Crippen molar-refractivity contribution < 1.29 is 14.6 Å². The largest absolute Gasteiger partial charge is 0.494 e. The molecule has 138 valence electrons. The van der Waals surface area contributed by atoms with E-state index in [1.54, 1.807) is 0 Å². The molecule has 1 aliphatic rings. The average molecular weight is 353 g/mol. The van der Waals surface area contributed by atoms with Gasteiger partial charge in [-0.05, 0) is 36.1 Å². The van der Waals surface area contributed by atoms with Gasteiger partial charge in [-0.2, -0.15) is 0 Å². The van der Waals surface area contributed by atoms with E-state index in [1.807, 2.05) is 30.3 Å². The highest BCUT2D eigenvalue weighted by molar-refractivity contribution is 5.81. The van der Waals surface area contributed by atoms with Crippen molar-refractivity contribution in [2.45, 2.75) is 38.2 Å². The zero-order chi connectivity index (χ0) is 18.0. The molecule has 1 aliphatic heterocycles. The number of aliphatic hydroxyl groups is 1. The molecule has 0 bridgehead atoms. The van der Waals surface area contributed by atoms with Gasteiger partial charge in [-0.25, -0.2) is 4.99 Å². The molecule has 0 fully saturated rings. The molecule has 4 nitrogen and oxygen atoms in total. The highest BCUT2D eigenvalue weighted by Crippen LogP contribution is 2.22. The van der Waals surface area contributed by atoms with Gasteiger partial charge in [-0.15, -0.1) is 0 Å². The van der Waals surface area contributed by atoms with Crippen LogP contribution >= 0.6 is 0 Å². The van der Waals surface area contributed by atoms with E-state index in [4.69, 9.17) is 9.47 Å². The summed E-state index contributed by atoms with van der Waals surface area (Å²) in [6.07, 6.45) is 4.38. The van der Waals surface area contributed by atoms with Gasteiger partial charge in [0.1, 0.15) is 18.5 Å². The van der Waals surface area contributed by atoms with Crippen molar-refractivity contribution in [1.82, 2.24) is 0 Å². The molecular weight excluding hydrogens is 326 g/mol. The number of ether oxygens (including phenoxy) is 2. The number of hydrogen-bond donors (Lipinski definition) is 1. The zero-order valence-corrected chi connectivity index (χ0v) is 15.1. The second kappa shape index (κ2) is 9.97. The summed E-state index contributed by atoms with van der Waals surface area (Å²) in [5.41, 5.74) is 2.42. The summed E-state index contributed by atoms with van der Waals surface area (Å²) in [7, 11) is 0. The number of aliphatic imine (C=N–C) groups is 1. The van der Waals surface area contributed by atoms with E-state index in [0.29, 0.717) is 19.0 Å². The Morgan fingerprint density at radius 2 is 1.65 bits per heavy atom. The maximum Gasteiger partial charge on any atom is 0.213 e. The van der Waals surface area contributed by atoms with Gasteiger partial charge in [0.25, 0.3) is 0 Å². The molecule has 1 heterocycles. The minimum Gasteiger partial charge on any atom is -0.494 e. The Balaban J connectivity index is 1.28. The number of nitrogens with zero attached hydrogens (tertiary/aromatic N) is 1.